The fourth-order valence-electron chi connectivity index (χ4n) is 0. The SMILES string of the molecule is N#CS.[Ru]. The number of hydrogen-bond donors (Lipinski definition) is 1. The molecule has 0 amide bonds. The van der Waals surface area contributed by atoms with Crippen molar-refractivity contribution >= 4 is 12.6 Å². The Morgan fingerprint density at radius 2 is 1.75 bits per heavy atom. The van der Waals surface area contributed by atoms with Crippen molar-refractivity contribution in [1.82, 2.24) is 0 Å². The van der Waals surface area contributed by atoms with Crippen molar-refractivity contribution in [2.75, 3.05) is 0 Å². The van der Waals surface area contributed by atoms with Gasteiger partial charge in [0.15, 0.2) is 0 Å². The molecule has 0 heterocycles. The monoisotopic (exact) mass is 161 g/mol. The predicted molar refractivity (Wildman–Crippen MR) is 14.6 cm³/mol. The average Bonchev–Trinajstić information content (AvgIpc) is 0.918. The third-order valence-electron chi connectivity index (χ3n) is 0. The average molecular weight is 160 g/mol. The second kappa shape index (κ2) is 9.81. The van der Waals surface area contributed by atoms with E-state index in [1.165, 1.54) is 5.40 Å². The molecule has 3 heteroatoms. The molecule has 0 bridgehead atoms. The third-order valence-corrected chi connectivity index (χ3v) is 0. The molecule has 0 rings (SSSR count). The van der Waals surface area contributed by atoms with Crippen LogP contribution in [-0.2, 0) is 19.5 Å². The molecular weight excluding hydrogens is 159 g/mol. The van der Waals surface area contributed by atoms with Gasteiger partial charge in [0.05, 0.1) is 0 Å². The minimum Gasteiger partial charge on any atom is -0.185 e. The summed E-state index contributed by atoms with van der Waals surface area (Å²) < 4.78 is 0. The van der Waals surface area contributed by atoms with E-state index in [2.05, 4.69) is 12.6 Å². The van der Waals surface area contributed by atoms with Crippen molar-refractivity contribution < 1.29 is 19.5 Å². The van der Waals surface area contributed by atoms with Crippen LogP contribution < -0.4 is 0 Å². The minimum absolute atomic E-state index is 0. The fourth-order valence-corrected chi connectivity index (χ4v) is 0. The number of hydrogen-bond acceptors (Lipinski definition) is 2. The summed E-state index contributed by atoms with van der Waals surface area (Å²) in [6.45, 7) is 0. The zero-order chi connectivity index (χ0) is 2.71. The Kier molecular flexibility index (Phi) is 21.6. The van der Waals surface area contributed by atoms with Gasteiger partial charge in [-0.05, 0) is 0 Å². The third kappa shape index (κ3) is 24.6. The number of nitriles is 1. The fraction of sp³-hybridized carbons (Fsp3) is 0. The minimum atomic E-state index is 0. The zero-order valence-corrected chi connectivity index (χ0v) is 4.38. The second-order valence-electron chi connectivity index (χ2n) is 0.100. The Labute approximate surface area is 43.2 Å². The van der Waals surface area contributed by atoms with Crippen LogP contribution in [0.2, 0.25) is 0 Å². The molecule has 0 unspecified atom stereocenters. The molecule has 0 saturated heterocycles. The van der Waals surface area contributed by atoms with Crippen LogP contribution >= 0.6 is 12.6 Å². The van der Waals surface area contributed by atoms with Crippen LogP contribution in [0.5, 0.6) is 0 Å². The van der Waals surface area contributed by atoms with Gasteiger partial charge in [0.25, 0.3) is 0 Å². The molecule has 0 aliphatic carbocycles. The van der Waals surface area contributed by atoms with Crippen molar-refractivity contribution in [1.29, 1.82) is 5.26 Å². The molecule has 4 heavy (non-hydrogen) atoms. The van der Waals surface area contributed by atoms with Gasteiger partial charge in [0, 0.05) is 19.5 Å². The summed E-state index contributed by atoms with van der Waals surface area (Å²) >= 11 is 3.09. The van der Waals surface area contributed by atoms with E-state index in [1.807, 2.05) is 0 Å². The summed E-state index contributed by atoms with van der Waals surface area (Å²) in [5.74, 6) is 0. The normalized spacial score (nSPS) is 2.00. The molecule has 0 fully saturated rings. The molecule has 0 N–H and O–H groups in total. The van der Waals surface area contributed by atoms with Gasteiger partial charge in [0.2, 0.25) is 0 Å². The molecule has 0 spiro atoms. The Hall–Kier alpha value is 0.463. The van der Waals surface area contributed by atoms with Crippen molar-refractivity contribution in [3.63, 3.8) is 0 Å². The Morgan fingerprint density at radius 1 is 1.75 bits per heavy atom. The first-order chi connectivity index (χ1) is 1.41. The van der Waals surface area contributed by atoms with E-state index in [0.717, 1.165) is 0 Å². The topological polar surface area (TPSA) is 23.8 Å². The molecule has 0 saturated carbocycles. The number of nitrogens with zero attached hydrogens (tertiary/aromatic N) is 1. The molecule has 0 aliphatic heterocycles. The van der Waals surface area contributed by atoms with Crippen LogP contribution in [-0.4, -0.2) is 0 Å². The molecular formula is CHNRuS. The molecule has 0 radical (unpaired) electrons. The Balaban J connectivity index is 0. The molecule has 0 aromatic rings. The van der Waals surface area contributed by atoms with Crippen LogP contribution in [0.4, 0.5) is 0 Å². The van der Waals surface area contributed by atoms with Gasteiger partial charge in [-0.15, -0.1) is 0 Å². The van der Waals surface area contributed by atoms with E-state index < -0.39 is 0 Å². The van der Waals surface area contributed by atoms with Crippen LogP contribution in [0.3, 0.4) is 0 Å². The van der Waals surface area contributed by atoms with Crippen LogP contribution in [0.25, 0.3) is 0 Å². The van der Waals surface area contributed by atoms with E-state index in [0.29, 0.717) is 0 Å². The number of thiocyanates is 1. The zero-order valence-electron chi connectivity index (χ0n) is 1.75. The van der Waals surface area contributed by atoms with Crippen LogP contribution in [0.1, 0.15) is 0 Å². The van der Waals surface area contributed by atoms with Gasteiger partial charge < -0.3 is 0 Å². The summed E-state index contributed by atoms with van der Waals surface area (Å²) in [5.41, 5.74) is 0. The van der Waals surface area contributed by atoms with E-state index in [4.69, 9.17) is 5.26 Å². The van der Waals surface area contributed by atoms with Crippen LogP contribution in [0.15, 0.2) is 0 Å². The summed E-state index contributed by atoms with van der Waals surface area (Å²) in [5, 5.41) is 8.63. The van der Waals surface area contributed by atoms with Gasteiger partial charge in [-0.1, -0.05) is 12.6 Å². The quantitative estimate of drug-likeness (QED) is 0.309. The van der Waals surface area contributed by atoms with Gasteiger partial charge in [0.1, 0.15) is 5.40 Å². The van der Waals surface area contributed by atoms with Gasteiger partial charge in [-0.25, -0.2) is 0 Å². The predicted octanol–water partition coefficient (Wildman–Crippen LogP) is 0.395. The van der Waals surface area contributed by atoms with Gasteiger partial charge in [-0.3, -0.25) is 0 Å². The summed E-state index contributed by atoms with van der Waals surface area (Å²) in [6, 6.07) is 0. The van der Waals surface area contributed by atoms with E-state index in [1.54, 1.807) is 0 Å². The summed E-state index contributed by atoms with van der Waals surface area (Å²) in [6.07, 6.45) is 0. The molecule has 0 aromatic carbocycles. The van der Waals surface area contributed by atoms with E-state index in [-0.39, 0.29) is 19.5 Å². The Morgan fingerprint density at radius 3 is 1.75 bits per heavy atom. The first-order valence-corrected chi connectivity index (χ1v) is 0.894. The molecule has 0 aromatic heterocycles. The molecule has 1 nitrogen and oxygen atoms in total. The standard InChI is InChI=1S/CHNS.Ru/c2-1-3;/h3H;. The summed E-state index contributed by atoms with van der Waals surface area (Å²) in [7, 11) is 0. The number of rotatable bonds is 0. The largest absolute Gasteiger partial charge is 0.185 e. The molecule has 24 valence electrons. The van der Waals surface area contributed by atoms with Crippen LogP contribution in [0, 0.1) is 10.7 Å². The maximum Gasteiger partial charge on any atom is 0.130 e. The maximum absolute atomic E-state index is 7.18. The number of thiol groups is 1. The second-order valence-corrected chi connectivity index (χ2v) is 0.300. The van der Waals surface area contributed by atoms with Crippen molar-refractivity contribution in [3.8, 4) is 5.40 Å². The maximum atomic E-state index is 7.18. The van der Waals surface area contributed by atoms with Crippen molar-refractivity contribution in [2.45, 2.75) is 0 Å². The van der Waals surface area contributed by atoms with Gasteiger partial charge in [-0.2, -0.15) is 5.26 Å². The Bertz CT molecular complexity index is 29.5. The summed E-state index contributed by atoms with van der Waals surface area (Å²) in [4.78, 5) is 0. The molecule has 0 atom stereocenters. The van der Waals surface area contributed by atoms with Crippen molar-refractivity contribution in [3.05, 3.63) is 0 Å². The molecule has 0 aliphatic rings. The van der Waals surface area contributed by atoms with Crippen molar-refractivity contribution in [2.24, 2.45) is 0 Å². The van der Waals surface area contributed by atoms with E-state index >= 15 is 0 Å². The first-order valence-electron chi connectivity index (χ1n) is 0.447. The smallest absolute Gasteiger partial charge is 0.130 e. The first kappa shape index (κ1) is 8.82. The van der Waals surface area contributed by atoms with Gasteiger partial charge >= 0.3 is 0 Å². The van der Waals surface area contributed by atoms with E-state index in [9.17, 15) is 0 Å².